The molecule has 0 saturated carbocycles. The maximum absolute atomic E-state index is 10.6. The van der Waals surface area contributed by atoms with Gasteiger partial charge in [0.25, 0.3) is 0 Å². The first kappa shape index (κ1) is 12.9. The zero-order valence-corrected chi connectivity index (χ0v) is 10.2. The first-order valence-corrected chi connectivity index (χ1v) is 5.99. The fourth-order valence-corrected chi connectivity index (χ4v) is 1.68. The summed E-state index contributed by atoms with van der Waals surface area (Å²) in [6.07, 6.45) is 0. The minimum Gasteiger partial charge on any atom is -0.369 e. The van der Waals surface area contributed by atoms with E-state index in [0.717, 1.165) is 6.54 Å². The lowest BCUT2D eigenvalue weighted by molar-refractivity contribution is -0.115. The molecular weight excluding hydrogens is 228 g/mol. The topological polar surface area (TPSA) is 98.7 Å². The van der Waals surface area contributed by atoms with Crippen molar-refractivity contribution in [2.45, 2.75) is 31.6 Å². The fraction of sp³-hybridized carbons (Fsp3) is 0.750. The van der Waals surface area contributed by atoms with Gasteiger partial charge in [-0.25, -0.2) is 4.68 Å². The zero-order chi connectivity index (χ0) is 12.0. The highest BCUT2D eigenvalue weighted by Gasteiger charge is 2.07. The molecule has 0 atom stereocenters. The zero-order valence-electron chi connectivity index (χ0n) is 9.38. The van der Waals surface area contributed by atoms with Crippen molar-refractivity contribution in [2.24, 2.45) is 5.73 Å². The van der Waals surface area contributed by atoms with Gasteiger partial charge in [0.2, 0.25) is 11.1 Å². The summed E-state index contributed by atoms with van der Waals surface area (Å²) < 4.78 is 1.66. The second kappa shape index (κ2) is 6.44. The van der Waals surface area contributed by atoms with E-state index in [1.165, 1.54) is 11.8 Å². The highest BCUT2D eigenvalue weighted by molar-refractivity contribution is 7.99. The van der Waals surface area contributed by atoms with E-state index in [0.29, 0.717) is 17.7 Å². The van der Waals surface area contributed by atoms with E-state index in [1.807, 2.05) is 0 Å². The van der Waals surface area contributed by atoms with Crippen LogP contribution in [0.1, 0.15) is 13.8 Å². The van der Waals surface area contributed by atoms with Gasteiger partial charge in [-0.2, -0.15) is 0 Å². The van der Waals surface area contributed by atoms with E-state index in [2.05, 4.69) is 34.7 Å². The number of hydrogen-bond acceptors (Lipinski definition) is 6. The van der Waals surface area contributed by atoms with Crippen molar-refractivity contribution in [1.82, 2.24) is 25.5 Å². The van der Waals surface area contributed by atoms with Crippen molar-refractivity contribution in [3.8, 4) is 0 Å². The molecule has 0 bridgehead atoms. The number of amides is 1. The largest absolute Gasteiger partial charge is 0.369 e. The smallest absolute Gasteiger partial charge is 0.227 e. The highest BCUT2D eigenvalue weighted by Crippen LogP contribution is 2.11. The number of tetrazole rings is 1. The van der Waals surface area contributed by atoms with Gasteiger partial charge in [-0.1, -0.05) is 25.6 Å². The molecule has 0 aliphatic rings. The molecule has 1 heterocycles. The van der Waals surface area contributed by atoms with Crippen molar-refractivity contribution >= 4 is 17.7 Å². The minimum absolute atomic E-state index is 0.192. The molecule has 1 aromatic heterocycles. The van der Waals surface area contributed by atoms with E-state index < -0.39 is 0 Å². The van der Waals surface area contributed by atoms with Crippen molar-refractivity contribution in [3.05, 3.63) is 0 Å². The van der Waals surface area contributed by atoms with Gasteiger partial charge in [0.15, 0.2) is 0 Å². The van der Waals surface area contributed by atoms with Crippen molar-refractivity contribution in [2.75, 3.05) is 12.3 Å². The Morgan fingerprint density at radius 3 is 3.00 bits per heavy atom. The fourth-order valence-electron chi connectivity index (χ4n) is 1.03. The lowest BCUT2D eigenvalue weighted by Crippen LogP contribution is -2.27. The molecule has 3 N–H and O–H groups in total. The lowest BCUT2D eigenvalue weighted by atomic mass is 10.4. The molecule has 0 spiro atoms. The summed E-state index contributed by atoms with van der Waals surface area (Å²) in [5.41, 5.74) is 5.05. The van der Waals surface area contributed by atoms with Crippen LogP contribution in [0, 0.1) is 0 Å². The van der Waals surface area contributed by atoms with Crippen LogP contribution in [0.5, 0.6) is 0 Å². The van der Waals surface area contributed by atoms with Crippen LogP contribution in [0.25, 0.3) is 0 Å². The van der Waals surface area contributed by atoms with Crippen LogP contribution in [0.2, 0.25) is 0 Å². The molecule has 0 radical (unpaired) electrons. The average Bonchev–Trinajstić information content (AvgIpc) is 2.62. The predicted molar refractivity (Wildman–Crippen MR) is 60.9 cm³/mol. The summed E-state index contributed by atoms with van der Waals surface area (Å²) in [6, 6.07) is 0.429. The monoisotopic (exact) mass is 244 g/mol. The standard InChI is InChI=1S/C8H16N6OS/c1-6(2)10-3-4-14-8(11-12-13-14)16-5-7(9)15/h6,10H,3-5H2,1-2H3,(H2,9,15). The number of carbonyl (C=O) groups excluding carboxylic acids is 1. The van der Waals surface area contributed by atoms with Crippen LogP contribution in [0.4, 0.5) is 0 Å². The Balaban J connectivity index is 2.40. The number of nitrogens with zero attached hydrogens (tertiary/aromatic N) is 4. The normalized spacial score (nSPS) is 10.9. The number of rotatable bonds is 7. The van der Waals surface area contributed by atoms with Gasteiger partial charge in [0.1, 0.15) is 0 Å². The van der Waals surface area contributed by atoms with Gasteiger partial charge in [-0.15, -0.1) is 5.10 Å². The summed E-state index contributed by atoms with van der Waals surface area (Å²) >= 11 is 1.25. The Hall–Kier alpha value is -1.15. The van der Waals surface area contributed by atoms with Crippen molar-refractivity contribution in [3.63, 3.8) is 0 Å². The first-order valence-electron chi connectivity index (χ1n) is 5.00. The molecule has 0 unspecified atom stereocenters. The van der Waals surface area contributed by atoms with Gasteiger partial charge < -0.3 is 11.1 Å². The Morgan fingerprint density at radius 2 is 2.38 bits per heavy atom. The molecule has 8 heteroatoms. The average molecular weight is 244 g/mol. The second-order valence-electron chi connectivity index (χ2n) is 3.55. The predicted octanol–water partition coefficient (Wildman–Crippen LogP) is -0.751. The third-order valence-electron chi connectivity index (χ3n) is 1.72. The molecule has 1 amide bonds. The summed E-state index contributed by atoms with van der Waals surface area (Å²) in [4.78, 5) is 10.6. The molecule has 1 rings (SSSR count). The Kier molecular flexibility index (Phi) is 5.20. The molecule has 7 nitrogen and oxygen atoms in total. The molecule has 90 valence electrons. The number of aromatic nitrogens is 4. The van der Waals surface area contributed by atoms with Crippen molar-refractivity contribution in [1.29, 1.82) is 0 Å². The van der Waals surface area contributed by atoms with Crippen LogP contribution >= 0.6 is 11.8 Å². The molecular formula is C8H16N6OS. The third-order valence-corrected chi connectivity index (χ3v) is 2.70. The van der Waals surface area contributed by atoms with Gasteiger partial charge in [0.05, 0.1) is 12.3 Å². The number of primary amides is 1. The molecule has 16 heavy (non-hydrogen) atoms. The number of carbonyl (C=O) groups is 1. The second-order valence-corrected chi connectivity index (χ2v) is 4.49. The lowest BCUT2D eigenvalue weighted by Gasteiger charge is -2.08. The molecule has 0 aliphatic carbocycles. The van der Waals surface area contributed by atoms with E-state index in [-0.39, 0.29) is 11.7 Å². The maximum Gasteiger partial charge on any atom is 0.227 e. The Labute approximate surface area is 98.1 Å². The first-order chi connectivity index (χ1) is 7.59. The van der Waals surface area contributed by atoms with Gasteiger partial charge >= 0.3 is 0 Å². The number of thioether (sulfide) groups is 1. The molecule has 0 saturated heterocycles. The van der Waals surface area contributed by atoms with E-state index in [4.69, 9.17) is 5.73 Å². The van der Waals surface area contributed by atoms with Crippen LogP contribution in [0.3, 0.4) is 0 Å². The van der Waals surface area contributed by atoms with Gasteiger partial charge in [0, 0.05) is 12.6 Å². The van der Waals surface area contributed by atoms with Crippen molar-refractivity contribution < 1.29 is 4.79 Å². The summed E-state index contributed by atoms with van der Waals surface area (Å²) in [5.74, 6) is -0.183. The molecule has 1 aromatic rings. The Bertz CT molecular complexity index is 339. The van der Waals surface area contributed by atoms with Crippen LogP contribution in [0.15, 0.2) is 5.16 Å². The number of nitrogens with one attached hydrogen (secondary N) is 1. The molecule has 0 aromatic carbocycles. The van der Waals surface area contributed by atoms with Crippen LogP contribution in [-0.2, 0) is 11.3 Å². The number of hydrogen-bond donors (Lipinski definition) is 2. The maximum atomic E-state index is 10.6. The summed E-state index contributed by atoms with van der Waals surface area (Å²) in [7, 11) is 0. The number of nitrogens with two attached hydrogens (primary N) is 1. The van der Waals surface area contributed by atoms with Gasteiger partial charge in [-0.3, -0.25) is 4.79 Å². The van der Waals surface area contributed by atoms with Crippen LogP contribution < -0.4 is 11.1 Å². The summed E-state index contributed by atoms with van der Waals surface area (Å²) in [6.45, 7) is 5.60. The van der Waals surface area contributed by atoms with E-state index in [9.17, 15) is 4.79 Å². The molecule has 0 fully saturated rings. The van der Waals surface area contributed by atoms with Crippen LogP contribution in [-0.4, -0.2) is 44.5 Å². The van der Waals surface area contributed by atoms with E-state index >= 15 is 0 Å². The molecule has 0 aliphatic heterocycles. The van der Waals surface area contributed by atoms with Gasteiger partial charge in [-0.05, 0) is 10.4 Å². The Morgan fingerprint density at radius 1 is 1.62 bits per heavy atom. The SMILES string of the molecule is CC(C)NCCn1nnnc1SCC(N)=O. The third kappa shape index (κ3) is 4.58. The van der Waals surface area contributed by atoms with E-state index in [1.54, 1.807) is 4.68 Å². The summed E-state index contributed by atoms with van der Waals surface area (Å²) in [5, 5.41) is 15.1. The quantitative estimate of drug-likeness (QED) is 0.612. The highest BCUT2D eigenvalue weighted by atomic mass is 32.2. The minimum atomic E-state index is -0.375.